The summed E-state index contributed by atoms with van der Waals surface area (Å²) in [6, 6.07) is 5.14. The third-order valence-electron chi connectivity index (χ3n) is 3.66. The molecule has 1 heterocycles. The Morgan fingerprint density at radius 3 is 2.95 bits per heavy atom. The van der Waals surface area contributed by atoms with Gasteiger partial charge in [0.1, 0.15) is 11.4 Å². The third-order valence-corrected chi connectivity index (χ3v) is 3.66. The first-order chi connectivity index (χ1) is 10.1. The molecule has 2 aromatic rings. The maximum absolute atomic E-state index is 14.0. The number of amides is 1. The molecule has 1 aromatic carbocycles. The summed E-state index contributed by atoms with van der Waals surface area (Å²) < 4.78 is 15.5. The monoisotopic (exact) mass is 288 g/mol. The zero-order chi connectivity index (χ0) is 15.0. The Kier molecular flexibility index (Phi) is 3.45. The van der Waals surface area contributed by atoms with Crippen molar-refractivity contribution in [3.8, 4) is 5.69 Å². The number of halogens is 1. The number of benzene rings is 1. The molecule has 21 heavy (non-hydrogen) atoms. The third kappa shape index (κ3) is 2.79. The molecule has 3 rings (SSSR count). The number of rotatable bonds is 4. The van der Waals surface area contributed by atoms with Crippen molar-refractivity contribution < 1.29 is 9.18 Å². The van der Waals surface area contributed by atoms with E-state index in [9.17, 15) is 9.18 Å². The summed E-state index contributed by atoms with van der Waals surface area (Å²) >= 11 is 0. The predicted octanol–water partition coefficient (Wildman–Crippen LogP) is 2.08. The second-order valence-electron chi connectivity index (χ2n) is 5.53. The highest BCUT2D eigenvalue weighted by Crippen LogP contribution is 2.30. The molecule has 1 aromatic heterocycles. The van der Waals surface area contributed by atoms with Crippen LogP contribution in [0.3, 0.4) is 0 Å². The van der Waals surface area contributed by atoms with Gasteiger partial charge in [-0.1, -0.05) is 17.3 Å². The van der Waals surface area contributed by atoms with Gasteiger partial charge in [-0.3, -0.25) is 4.79 Å². The maximum Gasteiger partial charge on any atom is 0.225 e. The zero-order valence-electron chi connectivity index (χ0n) is 12.1. The van der Waals surface area contributed by atoms with Gasteiger partial charge in [0, 0.05) is 13.0 Å². The molecule has 0 aliphatic heterocycles. The number of aromatic nitrogens is 3. The normalized spacial score (nSPS) is 14.2. The van der Waals surface area contributed by atoms with Gasteiger partial charge < -0.3 is 4.90 Å². The van der Waals surface area contributed by atoms with Crippen LogP contribution < -0.4 is 0 Å². The number of hydrogen-bond donors (Lipinski definition) is 0. The molecule has 0 saturated heterocycles. The lowest BCUT2D eigenvalue weighted by atomic mass is 10.2. The number of aryl methyl sites for hydroxylation is 1. The minimum Gasteiger partial charge on any atom is -0.339 e. The summed E-state index contributed by atoms with van der Waals surface area (Å²) in [7, 11) is 1.76. The first-order valence-corrected chi connectivity index (χ1v) is 6.98. The van der Waals surface area contributed by atoms with Gasteiger partial charge in [0.2, 0.25) is 5.91 Å². The van der Waals surface area contributed by atoms with Crippen molar-refractivity contribution in [1.82, 2.24) is 19.9 Å². The summed E-state index contributed by atoms with van der Waals surface area (Å²) in [5.41, 5.74) is 1.57. The molecule has 0 N–H and O–H groups in total. The van der Waals surface area contributed by atoms with E-state index in [0.717, 1.165) is 12.8 Å². The second kappa shape index (κ2) is 5.27. The van der Waals surface area contributed by atoms with Crippen molar-refractivity contribution in [2.75, 3.05) is 7.05 Å². The van der Waals surface area contributed by atoms with Crippen LogP contribution >= 0.6 is 0 Å². The van der Waals surface area contributed by atoms with Crippen molar-refractivity contribution in [2.24, 2.45) is 5.92 Å². The van der Waals surface area contributed by atoms with E-state index in [1.54, 1.807) is 43.3 Å². The molecule has 0 unspecified atom stereocenters. The SMILES string of the molecule is Cc1cccc(-n2cc(CN(C)C(=O)C3CC3)nn2)c1F. The van der Waals surface area contributed by atoms with E-state index < -0.39 is 0 Å². The molecule has 110 valence electrons. The van der Waals surface area contributed by atoms with E-state index in [4.69, 9.17) is 0 Å². The van der Waals surface area contributed by atoms with Crippen LogP contribution in [-0.2, 0) is 11.3 Å². The summed E-state index contributed by atoms with van der Waals surface area (Å²) in [6.45, 7) is 2.10. The first kappa shape index (κ1) is 13.7. The van der Waals surface area contributed by atoms with Gasteiger partial charge >= 0.3 is 0 Å². The Bertz CT molecular complexity index is 678. The highest BCUT2D eigenvalue weighted by atomic mass is 19.1. The zero-order valence-corrected chi connectivity index (χ0v) is 12.1. The molecule has 6 heteroatoms. The fourth-order valence-corrected chi connectivity index (χ4v) is 2.26. The summed E-state index contributed by atoms with van der Waals surface area (Å²) in [4.78, 5) is 13.5. The topological polar surface area (TPSA) is 51.0 Å². The van der Waals surface area contributed by atoms with Crippen LogP contribution in [0, 0.1) is 18.7 Å². The fourth-order valence-electron chi connectivity index (χ4n) is 2.26. The van der Waals surface area contributed by atoms with Crippen LogP contribution in [0.4, 0.5) is 4.39 Å². The number of nitrogens with zero attached hydrogens (tertiary/aromatic N) is 4. The highest BCUT2D eigenvalue weighted by molar-refractivity contribution is 5.80. The van der Waals surface area contributed by atoms with Crippen LogP contribution in [-0.4, -0.2) is 32.8 Å². The Morgan fingerprint density at radius 2 is 2.24 bits per heavy atom. The van der Waals surface area contributed by atoms with Gasteiger partial charge in [-0.25, -0.2) is 9.07 Å². The van der Waals surface area contributed by atoms with Gasteiger partial charge in [-0.2, -0.15) is 0 Å². The molecule has 1 fully saturated rings. The second-order valence-corrected chi connectivity index (χ2v) is 5.53. The van der Waals surface area contributed by atoms with E-state index in [2.05, 4.69) is 10.3 Å². The van der Waals surface area contributed by atoms with Crippen LogP contribution in [0.1, 0.15) is 24.1 Å². The molecule has 5 nitrogen and oxygen atoms in total. The molecule has 1 aliphatic rings. The lowest BCUT2D eigenvalue weighted by Gasteiger charge is -2.14. The van der Waals surface area contributed by atoms with Crippen molar-refractivity contribution in [3.05, 3.63) is 41.5 Å². The van der Waals surface area contributed by atoms with Gasteiger partial charge in [-0.15, -0.1) is 5.10 Å². The molecule has 1 saturated carbocycles. The lowest BCUT2D eigenvalue weighted by Crippen LogP contribution is -2.27. The molecule has 1 amide bonds. The number of hydrogen-bond acceptors (Lipinski definition) is 3. The van der Waals surface area contributed by atoms with Crippen molar-refractivity contribution in [2.45, 2.75) is 26.3 Å². The minimum absolute atomic E-state index is 0.145. The quantitative estimate of drug-likeness (QED) is 0.865. The largest absolute Gasteiger partial charge is 0.339 e. The van der Waals surface area contributed by atoms with Crippen molar-refractivity contribution >= 4 is 5.91 Å². The van der Waals surface area contributed by atoms with Crippen molar-refractivity contribution in [1.29, 1.82) is 0 Å². The van der Waals surface area contributed by atoms with Gasteiger partial charge in [-0.05, 0) is 31.4 Å². The predicted molar refractivity (Wildman–Crippen MR) is 75.3 cm³/mol. The Morgan fingerprint density at radius 1 is 1.48 bits per heavy atom. The Hall–Kier alpha value is -2.24. The summed E-state index contributed by atoms with van der Waals surface area (Å²) in [5, 5.41) is 7.97. The molecular formula is C15H17FN4O. The van der Waals surface area contributed by atoms with Crippen LogP contribution in [0.25, 0.3) is 5.69 Å². The lowest BCUT2D eigenvalue weighted by molar-refractivity contribution is -0.131. The fraction of sp³-hybridized carbons (Fsp3) is 0.400. The molecule has 0 radical (unpaired) electrons. The maximum atomic E-state index is 14.0. The van der Waals surface area contributed by atoms with E-state index in [1.807, 2.05) is 0 Å². The Labute approximate surface area is 122 Å². The van der Waals surface area contributed by atoms with Gasteiger partial charge in [0.05, 0.1) is 12.7 Å². The van der Waals surface area contributed by atoms with Crippen LogP contribution in [0.2, 0.25) is 0 Å². The molecule has 0 spiro atoms. The highest BCUT2D eigenvalue weighted by Gasteiger charge is 2.32. The Balaban J connectivity index is 1.77. The minimum atomic E-state index is -0.309. The van der Waals surface area contributed by atoms with Crippen LogP contribution in [0.5, 0.6) is 0 Å². The van der Waals surface area contributed by atoms with E-state index in [-0.39, 0.29) is 17.6 Å². The van der Waals surface area contributed by atoms with Gasteiger partial charge in [0.15, 0.2) is 5.82 Å². The summed E-state index contributed by atoms with van der Waals surface area (Å²) in [5.74, 6) is 0.0157. The molecule has 0 bridgehead atoms. The van der Waals surface area contributed by atoms with Crippen molar-refractivity contribution in [3.63, 3.8) is 0 Å². The standard InChI is InChI=1S/C15H17FN4O/c1-10-4-3-5-13(14(10)16)20-9-12(17-18-20)8-19(2)15(21)11-6-7-11/h3-5,9,11H,6-8H2,1-2H3. The van der Waals surface area contributed by atoms with Gasteiger partial charge in [0.25, 0.3) is 0 Å². The molecule has 0 atom stereocenters. The number of carbonyl (C=O) groups is 1. The summed E-state index contributed by atoms with van der Waals surface area (Å²) in [6.07, 6.45) is 3.61. The number of carbonyl (C=O) groups excluding carboxylic acids is 1. The smallest absolute Gasteiger partial charge is 0.225 e. The molecular weight excluding hydrogens is 271 g/mol. The molecule has 1 aliphatic carbocycles. The average molecular weight is 288 g/mol. The first-order valence-electron chi connectivity index (χ1n) is 6.98. The van der Waals surface area contributed by atoms with E-state index >= 15 is 0 Å². The van der Waals surface area contributed by atoms with Crippen LogP contribution in [0.15, 0.2) is 24.4 Å². The van der Waals surface area contributed by atoms with E-state index in [0.29, 0.717) is 23.5 Å². The average Bonchev–Trinajstić information content (AvgIpc) is 3.22. The van der Waals surface area contributed by atoms with E-state index in [1.165, 1.54) is 4.68 Å².